The summed E-state index contributed by atoms with van der Waals surface area (Å²) in [6.45, 7) is 5.30. The molecule has 1 atom stereocenters. The van der Waals surface area contributed by atoms with Crippen molar-refractivity contribution in [3.8, 4) is 5.69 Å². The van der Waals surface area contributed by atoms with Crippen LogP contribution >= 0.6 is 0 Å². The van der Waals surface area contributed by atoms with E-state index in [1.54, 1.807) is 17.2 Å². The average molecular weight is 341 g/mol. The first kappa shape index (κ1) is 17.5. The fourth-order valence-corrected chi connectivity index (χ4v) is 3.46. The van der Waals surface area contributed by atoms with Gasteiger partial charge in [-0.15, -0.1) is 0 Å². The van der Waals surface area contributed by atoms with E-state index >= 15 is 0 Å². The van der Waals surface area contributed by atoms with Crippen LogP contribution in [-0.4, -0.2) is 38.5 Å². The first-order valence-corrected chi connectivity index (χ1v) is 9.18. The van der Waals surface area contributed by atoms with Gasteiger partial charge in [-0.3, -0.25) is 0 Å². The number of aromatic nitrogens is 3. The minimum absolute atomic E-state index is 0.0116. The summed E-state index contributed by atoms with van der Waals surface area (Å²) in [5.74, 6) is 0.597. The van der Waals surface area contributed by atoms with E-state index in [0.717, 1.165) is 37.2 Å². The van der Waals surface area contributed by atoms with Crippen LogP contribution in [-0.2, 0) is 0 Å². The standard InChI is InChI=1S/C19H27N5O/c1-15(2)14-18-6-4-3-5-13-23(18)19(25)22-16-7-9-17(10-8-16)24-20-11-12-21-24/h7-12,15,18H,3-6,13-14H2,1-2H3,(H,22,25)/t18-/m1/s1. The number of rotatable bonds is 4. The van der Waals surface area contributed by atoms with Gasteiger partial charge in [-0.25, -0.2) is 4.79 Å². The molecule has 6 nitrogen and oxygen atoms in total. The maximum Gasteiger partial charge on any atom is 0.322 e. The van der Waals surface area contributed by atoms with Crippen molar-refractivity contribution in [3.63, 3.8) is 0 Å². The third-order valence-corrected chi connectivity index (χ3v) is 4.65. The van der Waals surface area contributed by atoms with Crippen molar-refractivity contribution in [2.45, 2.75) is 52.0 Å². The quantitative estimate of drug-likeness (QED) is 0.911. The molecule has 3 rings (SSSR count). The number of nitrogens with zero attached hydrogens (tertiary/aromatic N) is 4. The molecular formula is C19H27N5O. The molecule has 1 aromatic carbocycles. The summed E-state index contributed by atoms with van der Waals surface area (Å²) in [7, 11) is 0. The van der Waals surface area contributed by atoms with Crippen LogP contribution in [0.4, 0.5) is 10.5 Å². The van der Waals surface area contributed by atoms with Gasteiger partial charge in [0, 0.05) is 18.3 Å². The van der Waals surface area contributed by atoms with Crippen molar-refractivity contribution in [3.05, 3.63) is 36.7 Å². The number of urea groups is 1. The molecule has 25 heavy (non-hydrogen) atoms. The zero-order chi connectivity index (χ0) is 17.6. The first-order chi connectivity index (χ1) is 12.1. The van der Waals surface area contributed by atoms with Gasteiger partial charge in [0.25, 0.3) is 0 Å². The molecule has 2 heterocycles. The topological polar surface area (TPSA) is 63.1 Å². The smallest absolute Gasteiger partial charge is 0.322 e. The summed E-state index contributed by atoms with van der Waals surface area (Å²) in [5, 5.41) is 11.3. The van der Waals surface area contributed by atoms with Crippen LogP contribution in [0.2, 0.25) is 0 Å². The van der Waals surface area contributed by atoms with Gasteiger partial charge in [-0.2, -0.15) is 15.0 Å². The highest BCUT2D eigenvalue weighted by Gasteiger charge is 2.26. The lowest BCUT2D eigenvalue weighted by Gasteiger charge is -2.31. The SMILES string of the molecule is CC(C)C[C@H]1CCCCCN1C(=O)Nc1ccc(-n2nccn2)cc1. The van der Waals surface area contributed by atoms with E-state index in [0.29, 0.717) is 12.0 Å². The van der Waals surface area contributed by atoms with E-state index in [-0.39, 0.29) is 6.03 Å². The van der Waals surface area contributed by atoms with Gasteiger partial charge in [0.15, 0.2) is 0 Å². The van der Waals surface area contributed by atoms with E-state index in [9.17, 15) is 4.79 Å². The van der Waals surface area contributed by atoms with Crippen LogP contribution in [0.1, 0.15) is 46.0 Å². The summed E-state index contributed by atoms with van der Waals surface area (Å²) in [6, 6.07) is 7.96. The van der Waals surface area contributed by atoms with Crippen molar-refractivity contribution >= 4 is 11.7 Å². The molecule has 1 aromatic heterocycles. The number of carbonyl (C=O) groups is 1. The van der Waals surface area contributed by atoms with Crippen LogP contribution in [0.3, 0.4) is 0 Å². The minimum atomic E-state index is 0.0116. The van der Waals surface area contributed by atoms with Crippen molar-refractivity contribution in [1.29, 1.82) is 0 Å². The Morgan fingerprint density at radius 3 is 2.56 bits per heavy atom. The molecule has 0 bridgehead atoms. The second-order valence-electron chi connectivity index (χ2n) is 7.12. The second-order valence-corrected chi connectivity index (χ2v) is 7.12. The molecule has 0 spiro atoms. The number of nitrogens with one attached hydrogen (secondary N) is 1. The Hall–Kier alpha value is -2.37. The van der Waals surface area contributed by atoms with Gasteiger partial charge in [0.05, 0.1) is 18.1 Å². The molecule has 2 aromatic rings. The number of anilines is 1. The third kappa shape index (κ3) is 4.59. The minimum Gasteiger partial charge on any atom is -0.322 e. The van der Waals surface area contributed by atoms with E-state index in [2.05, 4.69) is 29.4 Å². The van der Waals surface area contributed by atoms with Crippen molar-refractivity contribution in [1.82, 2.24) is 19.9 Å². The molecule has 0 radical (unpaired) electrons. The Balaban J connectivity index is 1.67. The lowest BCUT2D eigenvalue weighted by molar-refractivity contribution is 0.178. The van der Waals surface area contributed by atoms with Gasteiger partial charge < -0.3 is 10.2 Å². The van der Waals surface area contributed by atoms with Crippen molar-refractivity contribution < 1.29 is 4.79 Å². The second kappa shape index (κ2) is 8.14. The molecule has 1 saturated heterocycles. The van der Waals surface area contributed by atoms with E-state index in [1.807, 2.05) is 29.2 Å². The van der Waals surface area contributed by atoms with Crippen molar-refractivity contribution in [2.75, 3.05) is 11.9 Å². The predicted molar refractivity (Wildman–Crippen MR) is 98.8 cm³/mol. The van der Waals surface area contributed by atoms with E-state index in [1.165, 1.54) is 12.8 Å². The molecule has 6 heteroatoms. The molecule has 1 N–H and O–H groups in total. The number of hydrogen-bond acceptors (Lipinski definition) is 3. The van der Waals surface area contributed by atoms with E-state index < -0.39 is 0 Å². The van der Waals surface area contributed by atoms with Crippen LogP contribution < -0.4 is 5.32 Å². The number of likely N-dealkylation sites (tertiary alicyclic amines) is 1. The van der Waals surface area contributed by atoms with Gasteiger partial charge >= 0.3 is 6.03 Å². The normalized spacial score (nSPS) is 18.2. The van der Waals surface area contributed by atoms with Crippen molar-refractivity contribution in [2.24, 2.45) is 5.92 Å². The molecule has 0 saturated carbocycles. The maximum atomic E-state index is 12.8. The number of hydrogen-bond donors (Lipinski definition) is 1. The first-order valence-electron chi connectivity index (χ1n) is 9.18. The zero-order valence-corrected chi connectivity index (χ0v) is 15.1. The Labute approximate surface area is 149 Å². The highest BCUT2D eigenvalue weighted by atomic mass is 16.2. The highest BCUT2D eigenvalue weighted by molar-refractivity contribution is 5.89. The Morgan fingerprint density at radius 1 is 1.16 bits per heavy atom. The number of carbonyl (C=O) groups excluding carboxylic acids is 1. The summed E-state index contributed by atoms with van der Waals surface area (Å²) < 4.78 is 0. The van der Waals surface area contributed by atoms with Gasteiger partial charge in [0.1, 0.15) is 0 Å². The Morgan fingerprint density at radius 2 is 1.88 bits per heavy atom. The molecule has 0 aliphatic carbocycles. The Bertz CT molecular complexity index is 666. The van der Waals surface area contributed by atoms with Gasteiger partial charge in [-0.1, -0.05) is 26.7 Å². The molecule has 134 valence electrons. The average Bonchev–Trinajstić information content (AvgIpc) is 3.02. The summed E-state index contributed by atoms with van der Waals surface area (Å²) in [5.41, 5.74) is 1.67. The van der Waals surface area contributed by atoms with E-state index in [4.69, 9.17) is 0 Å². The van der Waals surface area contributed by atoms with Crippen LogP contribution in [0, 0.1) is 5.92 Å². The zero-order valence-electron chi connectivity index (χ0n) is 15.1. The molecule has 2 amide bonds. The van der Waals surface area contributed by atoms with Gasteiger partial charge in [-0.05, 0) is 49.4 Å². The molecule has 1 aliphatic rings. The molecule has 1 aliphatic heterocycles. The van der Waals surface area contributed by atoms with Crippen LogP contribution in [0.25, 0.3) is 5.69 Å². The molecular weight excluding hydrogens is 314 g/mol. The largest absolute Gasteiger partial charge is 0.322 e. The summed E-state index contributed by atoms with van der Waals surface area (Å²) >= 11 is 0. The fraction of sp³-hybridized carbons (Fsp3) is 0.526. The maximum absolute atomic E-state index is 12.8. The van der Waals surface area contributed by atoms with Crippen LogP contribution in [0.15, 0.2) is 36.7 Å². The monoisotopic (exact) mass is 341 g/mol. The Kier molecular flexibility index (Phi) is 5.68. The fourth-order valence-electron chi connectivity index (χ4n) is 3.46. The summed E-state index contributed by atoms with van der Waals surface area (Å²) in [6.07, 6.45) is 8.98. The number of benzene rings is 1. The van der Waals surface area contributed by atoms with Crippen LogP contribution in [0.5, 0.6) is 0 Å². The van der Waals surface area contributed by atoms with Gasteiger partial charge in [0.2, 0.25) is 0 Å². The third-order valence-electron chi connectivity index (χ3n) is 4.65. The highest BCUT2D eigenvalue weighted by Crippen LogP contribution is 2.23. The lowest BCUT2D eigenvalue weighted by Crippen LogP contribution is -2.43. The molecule has 0 unspecified atom stereocenters. The summed E-state index contributed by atoms with van der Waals surface area (Å²) in [4.78, 5) is 16.4. The number of amides is 2. The lowest BCUT2D eigenvalue weighted by atomic mass is 9.99. The predicted octanol–water partition coefficient (Wildman–Crippen LogP) is 4.09. The molecule has 1 fully saturated rings.